The van der Waals surface area contributed by atoms with Crippen molar-refractivity contribution in [3.63, 3.8) is 0 Å². The second-order valence-electron chi connectivity index (χ2n) is 5.04. The molecule has 2 atom stereocenters. The summed E-state index contributed by atoms with van der Waals surface area (Å²) in [5.74, 6) is -0.00537. The molecule has 1 fully saturated rings. The van der Waals surface area contributed by atoms with Crippen LogP contribution in [0.4, 0.5) is 5.69 Å². The van der Waals surface area contributed by atoms with Crippen LogP contribution in [-0.4, -0.2) is 23.7 Å². The number of nitrogens with two attached hydrogens (primary N) is 1. The SMILES string of the molecule is Nc1ccc(C(=O)NC2CCCCC2CO)cc1Cl. The van der Waals surface area contributed by atoms with Gasteiger partial charge in [-0.3, -0.25) is 4.79 Å². The Kier molecular flexibility index (Phi) is 4.66. The van der Waals surface area contributed by atoms with Gasteiger partial charge in [-0.05, 0) is 31.0 Å². The first kappa shape index (κ1) is 14.2. The zero-order valence-corrected chi connectivity index (χ0v) is 11.5. The van der Waals surface area contributed by atoms with Crippen molar-refractivity contribution in [2.75, 3.05) is 12.3 Å². The molecule has 1 aromatic rings. The zero-order valence-electron chi connectivity index (χ0n) is 10.7. The summed E-state index contributed by atoms with van der Waals surface area (Å²) in [6, 6.07) is 4.90. The molecule has 1 saturated carbocycles. The van der Waals surface area contributed by atoms with Crippen LogP contribution in [0.1, 0.15) is 36.0 Å². The third kappa shape index (κ3) is 3.39. The number of nitrogen functional groups attached to an aromatic ring is 1. The number of hydrogen-bond acceptors (Lipinski definition) is 3. The Hall–Kier alpha value is -1.26. The molecule has 0 bridgehead atoms. The van der Waals surface area contributed by atoms with Gasteiger partial charge in [0, 0.05) is 24.1 Å². The second kappa shape index (κ2) is 6.26. The monoisotopic (exact) mass is 282 g/mol. The van der Waals surface area contributed by atoms with Gasteiger partial charge in [-0.1, -0.05) is 24.4 Å². The molecule has 2 rings (SSSR count). The summed E-state index contributed by atoms with van der Waals surface area (Å²) in [4.78, 5) is 12.1. The Labute approximate surface area is 117 Å². The molecule has 0 heterocycles. The van der Waals surface area contributed by atoms with Gasteiger partial charge in [0.25, 0.3) is 5.91 Å². The van der Waals surface area contributed by atoms with E-state index in [0.717, 1.165) is 25.7 Å². The summed E-state index contributed by atoms with van der Waals surface area (Å²) in [6.07, 6.45) is 4.08. The van der Waals surface area contributed by atoms with Crippen LogP contribution in [0.25, 0.3) is 0 Å². The molecular weight excluding hydrogens is 264 g/mol. The predicted molar refractivity (Wildman–Crippen MR) is 76.2 cm³/mol. The van der Waals surface area contributed by atoms with Gasteiger partial charge in [0.15, 0.2) is 0 Å². The maximum absolute atomic E-state index is 12.1. The molecule has 0 aliphatic heterocycles. The van der Waals surface area contributed by atoms with Crippen molar-refractivity contribution < 1.29 is 9.90 Å². The van der Waals surface area contributed by atoms with Gasteiger partial charge in [0.2, 0.25) is 0 Å². The minimum absolute atomic E-state index is 0.0441. The lowest BCUT2D eigenvalue weighted by molar-refractivity contribution is 0.0872. The van der Waals surface area contributed by atoms with E-state index in [-0.39, 0.29) is 24.5 Å². The van der Waals surface area contributed by atoms with E-state index in [1.54, 1.807) is 18.2 Å². The smallest absolute Gasteiger partial charge is 0.251 e. The standard InChI is InChI=1S/C14H19ClN2O2/c15-11-7-9(5-6-12(11)16)14(19)17-13-4-2-1-3-10(13)8-18/h5-7,10,13,18H,1-4,8,16H2,(H,17,19). The molecule has 1 aromatic carbocycles. The minimum Gasteiger partial charge on any atom is -0.398 e. The van der Waals surface area contributed by atoms with Crippen molar-refractivity contribution in [2.24, 2.45) is 5.92 Å². The average molecular weight is 283 g/mol. The number of carbonyl (C=O) groups is 1. The normalized spacial score (nSPS) is 23.1. The van der Waals surface area contributed by atoms with Crippen molar-refractivity contribution in [1.82, 2.24) is 5.32 Å². The molecule has 2 unspecified atom stereocenters. The minimum atomic E-state index is -0.160. The summed E-state index contributed by atoms with van der Waals surface area (Å²) in [7, 11) is 0. The maximum Gasteiger partial charge on any atom is 0.251 e. The lowest BCUT2D eigenvalue weighted by Gasteiger charge is -2.30. The first-order valence-electron chi connectivity index (χ1n) is 6.58. The van der Waals surface area contributed by atoms with Crippen molar-refractivity contribution in [3.8, 4) is 0 Å². The molecule has 0 aromatic heterocycles. The third-order valence-electron chi connectivity index (χ3n) is 3.72. The van der Waals surface area contributed by atoms with Crippen LogP contribution in [-0.2, 0) is 0 Å². The van der Waals surface area contributed by atoms with E-state index in [9.17, 15) is 9.90 Å². The first-order valence-corrected chi connectivity index (χ1v) is 6.96. The Balaban J connectivity index is 2.05. The number of amides is 1. The number of nitrogens with one attached hydrogen (secondary N) is 1. The molecule has 1 aliphatic rings. The first-order chi connectivity index (χ1) is 9.11. The second-order valence-corrected chi connectivity index (χ2v) is 5.45. The van der Waals surface area contributed by atoms with Crippen molar-refractivity contribution in [3.05, 3.63) is 28.8 Å². The largest absolute Gasteiger partial charge is 0.398 e. The Morgan fingerprint density at radius 1 is 1.42 bits per heavy atom. The molecule has 0 saturated heterocycles. The lowest BCUT2D eigenvalue weighted by atomic mass is 9.85. The Morgan fingerprint density at radius 2 is 2.16 bits per heavy atom. The van der Waals surface area contributed by atoms with Crippen LogP contribution in [0.2, 0.25) is 5.02 Å². The number of aliphatic hydroxyl groups excluding tert-OH is 1. The quantitative estimate of drug-likeness (QED) is 0.744. The molecule has 0 spiro atoms. The van der Waals surface area contributed by atoms with E-state index in [1.165, 1.54) is 0 Å². The molecule has 0 radical (unpaired) electrons. The van der Waals surface area contributed by atoms with Gasteiger partial charge < -0.3 is 16.2 Å². The number of carbonyl (C=O) groups excluding carboxylic acids is 1. The van der Waals surface area contributed by atoms with Gasteiger partial charge in [0.1, 0.15) is 0 Å². The van der Waals surface area contributed by atoms with Gasteiger partial charge in [-0.2, -0.15) is 0 Å². The summed E-state index contributed by atoms with van der Waals surface area (Å²) in [5, 5.41) is 12.7. The summed E-state index contributed by atoms with van der Waals surface area (Å²) < 4.78 is 0. The number of benzene rings is 1. The summed E-state index contributed by atoms with van der Waals surface area (Å²) >= 11 is 5.91. The van der Waals surface area contributed by atoms with Crippen LogP contribution in [0.5, 0.6) is 0 Å². The molecule has 5 heteroatoms. The molecule has 4 nitrogen and oxygen atoms in total. The number of hydrogen-bond donors (Lipinski definition) is 3. The van der Waals surface area contributed by atoms with Gasteiger partial charge in [0.05, 0.1) is 10.7 Å². The lowest BCUT2D eigenvalue weighted by Crippen LogP contribution is -2.43. The third-order valence-corrected chi connectivity index (χ3v) is 4.05. The van der Waals surface area contributed by atoms with E-state index in [1.807, 2.05) is 0 Å². The highest BCUT2D eigenvalue weighted by atomic mass is 35.5. The molecule has 4 N–H and O–H groups in total. The van der Waals surface area contributed by atoms with E-state index in [4.69, 9.17) is 17.3 Å². The van der Waals surface area contributed by atoms with E-state index in [0.29, 0.717) is 16.3 Å². The number of halogens is 1. The highest BCUT2D eigenvalue weighted by Crippen LogP contribution is 2.25. The van der Waals surface area contributed by atoms with Crippen molar-refractivity contribution >= 4 is 23.2 Å². The highest BCUT2D eigenvalue weighted by Gasteiger charge is 2.26. The van der Waals surface area contributed by atoms with Crippen LogP contribution in [0, 0.1) is 5.92 Å². The Bertz CT molecular complexity index is 465. The molecule has 1 aliphatic carbocycles. The number of rotatable bonds is 3. The number of aliphatic hydroxyl groups is 1. The highest BCUT2D eigenvalue weighted by molar-refractivity contribution is 6.33. The van der Waals surface area contributed by atoms with Gasteiger partial charge in [-0.15, -0.1) is 0 Å². The van der Waals surface area contributed by atoms with Crippen molar-refractivity contribution in [2.45, 2.75) is 31.7 Å². The maximum atomic E-state index is 12.1. The van der Waals surface area contributed by atoms with Crippen LogP contribution in [0.15, 0.2) is 18.2 Å². The topological polar surface area (TPSA) is 75.4 Å². The average Bonchev–Trinajstić information content (AvgIpc) is 2.42. The Morgan fingerprint density at radius 3 is 2.84 bits per heavy atom. The van der Waals surface area contributed by atoms with Crippen LogP contribution >= 0.6 is 11.6 Å². The molecule has 104 valence electrons. The van der Waals surface area contributed by atoms with E-state index >= 15 is 0 Å². The van der Waals surface area contributed by atoms with Crippen LogP contribution < -0.4 is 11.1 Å². The fourth-order valence-corrected chi connectivity index (χ4v) is 2.72. The fourth-order valence-electron chi connectivity index (χ4n) is 2.54. The molecule has 1 amide bonds. The van der Waals surface area contributed by atoms with E-state index < -0.39 is 0 Å². The number of anilines is 1. The zero-order chi connectivity index (χ0) is 13.8. The van der Waals surface area contributed by atoms with Gasteiger partial charge in [-0.25, -0.2) is 0 Å². The molecule has 19 heavy (non-hydrogen) atoms. The van der Waals surface area contributed by atoms with E-state index in [2.05, 4.69) is 5.32 Å². The predicted octanol–water partition coefficient (Wildman–Crippen LogP) is 2.20. The van der Waals surface area contributed by atoms with Crippen molar-refractivity contribution in [1.29, 1.82) is 0 Å². The van der Waals surface area contributed by atoms with Crippen LogP contribution in [0.3, 0.4) is 0 Å². The summed E-state index contributed by atoms with van der Waals surface area (Å²) in [5.41, 5.74) is 6.58. The summed E-state index contributed by atoms with van der Waals surface area (Å²) in [6.45, 7) is 0.118. The van der Waals surface area contributed by atoms with Gasteiger partial charge >= 0.3 is 0 Å². The molecular formula is C14H19ClN2O2. The fraction of sp³-hybridized carbons (Fsp3) is 0.500.